The first-order chi connectivity index (χ1) is 12.4. The molecule has 3 rings (SSSR count). The van der Waals surface area contributed by atoms with Crippen LogP contribution in [0.2, 0.25) is 0 Å². The van der Waals surface area contributed by atoms with Gasteiger partial charge in [-0.05, 0) is 44.4 Å². The average Bonchev–Trinajstić information content (AvgIpc) is 2.85. The van der Waals surface area contributed by atoms with Crippen LogP contribution >= 0.6 is 0 Å². The smallest absolute Gasteiger partial charge is 0.244 e. The lowest BCUT2D eigenvalue weighted by Crippen LogP contribution is -2.48. The Labute approximate surface area is 153 Å². The van der Waals surface area contributed by atoms with Crippen molar-refractivity contribution in [3.8, 4) is 11.4 Å². The molecule has 0 bridgehead atoms. The molecule has 1 aliphatic rings. The Bertz CT molecular complexity index is 799. The zero-order valence-electron chi connectivity index (χ0n) is 15.4. The summed E-state index contributed by atoms with van der Waals surface area (Å²) < 4.78 is 16.3. The topological polar surface area (TPSA) is 85.8 Å². The van der Waals surface area contributed by atoms with Crippen molar-refractivity contribution in [2.75, 3.05) is 5.32 Å². The summed E-state index contributed by atoms with van der Waals surface area (Å²) in [6, 6.07) is 4.62. The van der Waals surface area contributed by atoms with Gasteiger partial charge in [0.05, 0.1) is 11.2 Å². The highest BCUT2D eigenvalue weighted by Crippen LogP contribution is 2.27. The second-order valence-electron chi connectivity index (χ2n) is 7.22. The first-order valence-electron chi connectivity index (χ1n) is 9.24. The number of nitrogens with two attached hydrogens (primary N) is 1. The second kappa shape index (κ2) is 7.53. The van der Waals surface area contributed by atoms with Crippen LogP contribution in [0.3, 0.4) is 0 Å². The summed E-state index contributed by atoms with van der Waals surface area (Å²) in [5, 5.41) is 11.2. The standard InChI is InChI=1S/C19H26FN5O/c1-3-10-19(2,21)18(26)22-15-12-13(8-9-14(15)20)17-24-23-16-7-5-4-6-11-25(16)17/h8-9,12H,3-7,10-11,21H2,1-2H3,(H,22,26). The number of aromatic nitrogens is 3. The van der Waals surface area contributed by atoms with Crippen LogP contribution in [0, 0.1) is 5.82 Å². The minimum absolute atomic E-state index is 0.117. The summed E-state index contributed by atoms with van der Waals surface area (Å²) in [4.78, 5) is 12.4. The maximum Gasteiger partial charge on any atom is 0.244 e. The molecule has 0 saturated heterocycles. The Morgan fingerprint density at radius 1 is 1.35 bits per heavy atom. The summed E-state index contributed by atoms with van der Waals surface area (Å²) in [7, 11) is 0. The molecule has 140 valence electrons. The molecular weight excluding hydrogens is 333 g/mol. The summed E-state index contributed by atoms with van der Waals surface area (Å²) >= 11 is 0. The number of amides is 1. The fourth-order valence-electron chi connectivity index (χ4n) is 3.36. The van der Waals surface area contributed by atoms with Crippen LogP contribution in [0.5, 0.6) is 0 Å². The monoisotopic (exact) mass is 359 g/mol. The minimum atomic E-state index is -1.04. The summed E-state index contributed by atoms with van der Waals surface area (Å²) in [5.41, 5.74) is 5.86. The number of nitrogens with zero attached hydrogens (tertiary/aromatic N) is 3. The van der Waals surface area contributed by atoms with E-state index in [1.807, 2.05) is 6.92 Å². The third kappa shape index (κ3) is 3.77. The first-order valence-corrected chi connectivity index (χ1v) is 9.24. The van der Waals surface area contributed by atoms with Crippen LogP contribution in [0.15, 0.2) is 18.2 Å². The molecule has 1 aliphatic heterocycles. The maximum absolute atomic E-state index is 14.3. The van der Waals surface area contributed by atoms with E-state index >= 15 is 0 Å². The van der Waals surface area contributed by atoms with Gasteiger partial charge in [-0.1, -0.05) is 19.8 Å². The summed E-state index contributed by atoms with van der Waals surface area (Å²) in [6.45, 7) is 4.47. The molecular formula is C19H26FN5O. The van der Waals surface area contributed by atoms with E-state index in [4.69, 9.17) is 5.73 Å². The number of nitrogens with one attached hydrogen (secondary N) is 1. The summed E-state index contributed by atoms with van der Waals surface area (Å²) in [6.07, 6.45) is 5.55. The molecule has 0 spiro atoms. The fraction of sp³-hybridized carbons (Fsp3) is 0.526. The van der Waals surface area contributed by atoms with Crippen LogP contribution in [-0.4, -0.2) is 26.2 Å². The molecule has 2 aromatic rings. The van der Waals surface area contributed by atoms with Gasteiger partial charge < -0.3 is 15.6 Å². The molecule has 1 atom stereocenters. The Morgan fingerprint density at radius 2 is 2.15 bits per heavy atom. The Hall–Kier alpha value is -2.28. The zero-order chi connectivity index (χ0) is 18.7. The van der Waals surface area contributed by atoms with Gasteiger partial charge in [0, 0.05) is 18.5 Å². The highest BCUT2D eigenvalue weighted by atomic mass is 19.1. The second-order valence-corrected chi connectivity index (χ2v) is 7.22. The van der Waals surface area contributed by atoms with Crippen molar-refractivity contribution in [1.82, 2.24) is 14.8 Å². The van der Waals surface area contributed by atoms with Gasteiger partial charge in [-0.3, -0.25) is 4.79 Å². The van der Waals surface area contributed by atoms with Crippen LogP contribution < -0.4 is 11.1 Å². The number of hydrogen-bond acceptors (Lipinski definition) is 4. The average molecular weight is 359 g/mol. The molecule has 0 saturated carbocycles. The Kier molecular flexibility index (Phi) is 5.36. The van der Waals surface area contributed by atoms with Crippen molar-refractivity contribution in [3.05, 3.63) is 29.8 Å². The molecule has 1 amide bonds. The molecule has 26 heavy (non-hydrogen) atoms. The lowest BCUT2D eigenvalue weighted by molar-refractivity contribution is -0.120. The van der Waals surface area contributed by atoms with Crippen molar-refractivity contribution in [3.63, 3.8) is 0 Å². The summed E-state index contributed by atoms with van der Waals surface area (Å²) in [5.74, 6) is 0.784. The van der Waals surface area contributed by atoms with E-state index in [-0.39, 0.29) is 5.69 Å². The van der Waals surface area contributed by atoms with Gasteiger partial charge in [-0.2, -0.15) is 0 Å². The highest BCUT2D eigenvalue weighted by Gasteiger charge is 2.28. The van der Waals surface area contributed by atoms with E-state index in [0.29, 0.717) is 12.2 Å². The number of anilines is 1. The van der Waals surface area contributed by atoms with Crippen molar-refractivity contribution in [2.24, 2.45) is 5.73 Å². The molecule has 0 fully saturated rings. The first kappa shape index (κ1) is 18.5. The number of aryl methyl sites for hydroxylation is 1. The molecule has 1 aromatic heterocycles. The number of benzene rings is 1. The lowest BCUT2D eigenvalue weighted by Gasteiger charge is -2.23. The maximum atomic E-state index is 14.3. The van der Waals surface area contributed by atoms with Crippen molar-refractivity contribution in [2.45, 2.75) is 64.5 Å². The van der Waals surface area contributed by atoms with Gasteiger partial charge in [0.2, 0.25) is 5.91 Å². The molecule has 6 nitrogen and oxygen atoms in total. The van der Waals surface area contributed by atoms with Gasteiger partial charge >= 0.3 is 0 Å². The zero-order valence-corrected chi connectivity index (χ0v) is 15.4. The Morgan fingerprint density at radius 3 is 2.92 bits per heavy atom. The van der Waals surface area contributed by atoms with E-state index in [9.17, 15) is 9.18 Å². The number of rotatable bonds is 5. The molecule has 0 aliphatic carbocycles. The molecule has 1 unspecified atom stereocenters. The van der Waals surface area contributed by atoms with Gasteiger partial charge in [-0.25, -0.2) is 4.39 Å². The van der Waals surface area contributed by atoms with E-state index in [0.717, 1.165) is 43.6 Å². The van der Waals surface area contributed by atoms with Gasteiger partial charge in [-0.15, -0.1) is 10.2 Å². The predicted octanol–water partition coefficient (Wildman–Crippen LogP) is 3.27. The van der Waals surface area contributed by atoms with Gasteiger partial charge in [0.1, 0.15) is 11.6 Å². The van der Waals surface area contributed by atoms with Crippen molar-refractivity contribution >= 4 is 11.6 Å². The fourth-order valence-corrected chi connectivity index (χ4v) is 3.36. The SMILES string of the molecule is CCCC(C)(N)C(=O)Nc1cc(-c2nnc3n2CCCCC3)ccc1F. The number of carbonyl (C=O) groups excluding carboxylic acids is 1. The normalized spacial score (nSPS) is 16.5. The van der Waals surface area contributed by atoms with E-state index in [1.54, 1.807) is 19.1 Å². The van der Waals surface area contributed by atoms with Gasteiger partial charge in [0.15, 0.2) is 5.82 Å². The Balaban J connectivity index is 1.89. The predicted molar refractivity (Wildman–Crippen MR) is 99.1 cm³/mol. The number of halogens is 1. The molecule has 2 heterocycles. The van der Waals surface area contributed by atoms with Crippen molar-refractivity contribution in [1.29, 1.82) is 0 Å². The third-order valence-corrected chi connectivity index (χ3v) is 4.87. The number of carbonyl (C=O) groups is 1. The molecule has 3 N–H and O–H groups in total. The van der Waals surface area contributed by atoms with Crippen molar-refractivity contribution < 1.29 is 9.18 Å². The molecule has 0 radical (unpaired) electrons. The third-order valence-electron chi connectivity index (χ3n) is 4.87. The largest absolute Gasteiger partial charge is 0.322 e. The van der Waals surface area contributed by atoms with Crippen LogP contribution in [-0.2, 0) is 17.8 Å². The van der Waals surface area contributed by atoms with E-state index < -0.39 is 17.3 Å². The van der Waals surface area contributed by atoms with E-state index in [2.05, 4.69) is 20.1 Å². The van der Waals surface area contributed by atoms with E-state index in [1.165, 1.54) is 12.5 Å². The highest BCUT2D eigenvalue weighted by molar-refractivity contribution is 5.98. The van der Waals surface area contributed by atoms with Crippen LogP contribution in [0.1, 0.15) is 51.8 Å². The molecule has 7 heteroatoms. The molecule has 1 aromatic carbocycles. The van der Waals surface area contributed by atoms with Crippen LogP contribution in [0.4, 0.5) is 10.1 Å². The minimum Gasteiger partial charge on any atom is -0.322 e. The number of fused-ring (bicyclic) bond motifs is 1. The van der Waals surface area contributed by atoms with Crippen LogP contribution in [0.25, 0.3) is 11.4 Å². The number of hydrogen-bond donors (Lipinski definition) is 2. The van der Waals surface area contributed by atoms with Gasteiger partial charge in [0.25, 0.3) is 0 Å². The quantitative estimate of drug-likeness (QED) is 0.858. The lowest BCUT2D eigenvalue weighted by atomic mass is 9.96.